The lowest BCUT2D eigenvalue weighted by molar-refractivity contribution is 0.183. The van der Waals surface area contributed by atoms with Gasteiger partial charge in [-0.2, -0.15) is 5.26 Å². The lowest BCUT2D eigenvalue weighted by atomic mass is 10.1. The minimum Gasteiger partial charge on any atom is -0.496 e. The number of nitriles is 1. The second-order valence-corrected chi connectivity index (χ2v) is 5.06. The van der Waals surface area contributed by atoms with E-state index >= 15 is 0 Å². The van der Waals surface area contributed by atoms with Gasteiger partial charge in [0.25, 0.3) is 0 Å². The number of hydrogen-bond donors (Lipinski definition) is 1. The maximum Gasteiger partial charge on any atom is 0.123 e. The van der Waals surface area contributed by atoms with E-state index in [9.17, 15) is 5.11 Å². The molecule has 0 saturated heterocycles. The molecule has 2 aromatic rings. The molecule has 4 heteroatoms. The van der Waals surface area contributed by atoms with Crippen LogP contribution in [0.25, 0.3) is 0 Å². The highest BCUT2D eigenvalue weighted by Crippen LogP contribution is 2.20. The highest BCUT2D eigenvalue weighted by molar-refractivity contribution is 5.34. The van der Waals surface area contributed by atoms with E-state index in [0.29, 0.717) is 25.2 Å². The molecule has 0 aromatic heterocycles. The van der Waals surface area contributed by atoms with Gasteiger partial charge >= 0.3 is 0 Å². The minimum atomic E-state index is 0.0904. The first kappa shape index (κ1) is 16.0. The second-order valence-electron chi connectivity index (χ2n) is 5.06. The first-order valence-electron chi connectivity index (χ1n) is 7.21. The largest absolute Gasteiger partial charge is 0.496 e. The number of aliphatic hydroxyl groups is 1. The Hall–Kier alpha value is -2.35. The third-order valence-electron chi connectivity index (χ3n) is 3.46. The maximum atomic E-state index is 9.29. The summed E-state index contributed by atoms with van der Waals surface area (Å²) in [7, 11) is 1.66. The van der Waals surface area contributed by atoms with E-state index in [1.165, 1.54) is 0 Å². The fourth-order valence-corrected chi connectivity index (χ4v) is 2.43. The molecule has 0 bridgehead atoms. The molecule has 0 unspecified atom stereocenters. The fourth-order valence-electron chi connectivity index (χ4n) is 2.43. The molecule has 2 aromatic carbocycles. The maximum absolute atomic E-state index is 9.29. The average molecular weight is 296 g/mol. The Bertz CT molecular complexity index is 650. The first-order valence-corrected chi connectivity index (χ1v) is 7.21. The number of benzene rings is 2. The number of nitrogens with zero attached hydrogens (tertiary/aromatic N) is 2. The van der Waals surface area contributed by atoms with Gasteiger partial charge in [-0.05, 0) is 23.8 Å². The summed E-state index contributed by atoms with van der Waals surface area (Å²) in [5, 5.41) is 18.3. The predicted octanol–water partition coefficient (Wildman–Crippen LogP) is 2.56. The number of ether oxygens (including phenoxy) is 1. The Balaban J connectivity index is 2.14. The van der Waals surface area contributed by atoms with E-state index in [1.54, 1.807) is 13.2 Å². The van der Waals surface area contributed by atoms with E-state index in [1.807, 2.05) is 42.5 Å². The van der Waals surface area contributed by atoms with Gasteiger partial charge < -0.3 is 9.84 Å². The molecule has 0 aliphatic rings. The van der Waals surface area contributed by atoms with Crippen molar-refractivity contribution >= 4 is 0 Å². The molecule has 0 heterocycles. The van der Waals surface area contributed by atoms with E-state index in [4.69, 9.17) is 10.00 Å². The number of methoxy groups -OCH3 is 1. The van der Waals surface area contributed by atoms with E-state index in [0.717, 1.165) is 16.9 Å². The SMILES string of the molecule is COc1ccccc1CN(CCO)Cc1cccc(C#N)c1. The van der Waals surface area contributed by atoms with Crippen LogP contribution in [0, 0.1) is 11.3 Å². The lowest BCUT2D eigenvalue weighted by Gasteiger charge is -2.22. The van der Waals surface area contributed by atoms with Crippen LogP contribution in [0.15, 0.2) is 48.5 Å². The van der Waals surface area contributed by atoms with Crippen molar-refractivity contribution in [1.29, 1.82) is 5.26 Å². The molecule has 1 N–H and O–H groups in total. The molecule has 0 atom stereocenters. The number of aliphatic hydroxyl groups excluding tert-OH is 1. The quantitative estimate of drug-likeness (QED) is 0.853. The third-order valence-corrected chi connectivity index (χ3v) is 3.46. The van der Waals surface area contributed by atoms with Gasteiger partial charge in [0, 0.05) is 25.2 Å². The van der Waals surface area contributed by atoms with Gasteiger partial charge in [-0.3, -0.25) is 4.90 Å². The summed E-state index contributed by atoms with van der Waals surface area (Å²) in [5.41, 5.74) is 2.79. The molecular formula is C18H20N2O2. The third kappa shape index (κ3) is 4.32. The summed E-state index contributed by atoms with van der Waals surface area (Å²) in [6.07, 6.45) is 0. The summed E-state index contributed by atoms with van der Waals surface area (Å²) >= 11 is 0. The summed E-state index contributed by atoms with van der Waals surface area (Å²) in [6, 6.07) is 17.6. The molecule has 0 aliphatic heterocycles. The van der Waals surface area contributed by atoms with Crippen molar-refractivity contribution in [2.45, 2.75) is 13.1 Å². The smallest absolute Gasteiger partial charge is 0.123 e. The van der Waals surface area contributed by atoms with Crippen LogP contribution < -0.4 is 4.74 Å². The zero-order chi connectivity index (χ0) is 15.8. The Kier molecular flexibility index (Phi) is 5.96. The molecule has 0 amide bonds. The summed E-state index contributed by atoms with van der Waals surface area (Å²) in [5.74, 6) is 0.844. The second kappa shape index (κ2) is 8.18. The predicted molar refractivity (Wildman–Crippen MR) is 85.4 cm³/mol. The molecule has 0 radical (unpaired) electrons. The average Bonchev–Trinajstić information content (AvgIpc) is 2.55. The van der Waals surface area contributed by atoms with Gasteiger partial charge in [-0.1, -0.05) is 30.3 Å². The summed E-state index contributed by atoms with van der Waals surface area (Å²) < 4.78 is 5.38. The molecular weight excluding hydrogens is 276 g/mol. The van der Waals surface area contributed by atoms with E-state index < -0.39 is 0 Å². The van der Waals surface area contributed by atoms with Crippen molar-refractivity contribution in [2.75, 3.05) is 20.3 Å². The monoisotopic (exact) mass is 296 g/mol. The molecule has 0 saturated carbocycles. The molecule has 0 spiro atoms. The number of para-hydroxylation sites is 1. The van der Waals surface area contributed by atoms with Gasteiger partial charge in [0.05, 0.1) is 25.3 Å². The Morgan fingerprint density at radius 1 is 1.14 bits per heavy atom. The first-order chi connectivity index (χ1) is 10.8. The van der Waals surface area contributed by atoms with Gasteiger partial charge in [-0.25, -0.2) is 0 Å². The van der Waals surface area contributed by atoms with E-state index in [-0.39, 0.29) is 6.61 Å². The fraction of sp³-hybridized carbons (Fsp3) is 0.278. The topological polar surface area (TPSA) is 56.5 Å². The van der Waals surface area contributed by atoms with Crippen LogP contribution in [-0.4, -0.2) is 30.3 Å². The van der Waals surface area contributed by atoms with E-state index in [2.05, 4.69) is 11.0 Å². The van der Waals surface area contributed by atoms with Crippen molar-refractivity contribution in [2.24, 2.45) is 0 Å². The van der Waals surface area contributed by atoms with Crippen molar-refractivity contribution in [3.8, 4) is 11.8 Å². The number of rotatable bonds is 7. The number of hydrogen-bond acceptors (Lipinski definition) is 4. The van der Waals surface area contributed by atoms with Crippen LogP contribution in [0.1, 0.15) is 16.7 Å². The van der Waals surface area contributed by atoms with Crippen LogP contribution in [0.2, 0.25) is 0 Å². The molecule has 0 fully saturated rings. The molecule has 0 aliphatic carbocycles. The normalized spacial score (nSPS) is 10.5. The van der Waals surface area contributed by atoms with Crippen LogP contribution in [0.3, 0.4) is 0 Å². The highest BCUT2D eigenvalue weighted by Gasteiger charge is 2.10. The van der Waals surface area contributed by atoms with Crippen molar-refractivity contribution in [3.63, 3.8) is 0 Å². The van der Waals surface area contributed by atoms with Crippen molar-refractivity contribution in [1.82, 2.24) is 4.90 Å². The van der Waals surface area contributed by atoms with Crippen LogP contribution in [-0.2, 0) is 13.1 Å². The zero-order valence-corrected chi connectivity index (χ0v) is 12.7. The van der Waals surface area contributed by atoms with Gasteiger partial charge in [-0.15, -0.1) is 0 Å². The Labute approximate surface area is 131 Å². The van der Waals surface area contributed by atoms with Gasteiger partial charge in [0.15, 0.2) is 0 Å². The molecule has 22 heavy (non-hydrogen) atoms. The summed E-state index contributed by atoms with van der Waals surface area (Å²) in [4.78, 5) is 2.13. The minimum absolute atomic E-state index is 0.0904. The summed E-state index contributed by atoms with van der Waals surface area (Å²) in [6.45, 7) is 2.01. The Morgan fingerprint density at radius 3 is 2.68 bits per heavy atom. The highest BCUT2D eigenvalue weighted by atomic mass is 16.5. The standard InChI is InChI=1S/C18H20N2O2/c1-22-18-8-3-2-7-17(18)14-20(9-10-21)13-16-6-4-5-15(11-16)12-19/h2-8,11,21H,9-10,13-14H2,1H3. The molecule has 2 rings (SSSR count). The van der Waals surface area contributed by atoms with Gasteiger partial charge in [0.1, 0.15) is 5.75 Å². The zero-order valence-electron chi connectivity index (χ0n) is 12.7. The molecule has 114 valence electrons. The lowest BCUT2D eigenvalue weighted by Crippen LogP contribution is -2.26. The van der Waals surface area contributed by atoms with Crippen molar-refractivity contribution < 1.29 is 9.84 Å². The van der Waals surface area contributed by atoms with Crippen LogP contribution in [0.5, 0.6) is 5.75 Å². The Morgan fingerprint density at radius 2 is 1.95 bits per heavy atom. The van der Waals surface area contributed by atoms with Crippen LogP contribution in [0.4, 0.5) is 0 Å². The van der Waals surface area contributed by atoms with Gasteiger partial charge in [0.2, 0.25) is 0 Å². The van der Waals surface area contributed by atoms with Crippen molar-refractivity contribution in [3.05, 3.63) is 65.2 Å². The molecule has 4 nitrogen and oxygen atoms in total. The van der Waals surface area contributed by atoms with Crippen LogP contribution >= 0.6 is 0 Å².